The van der Waals surface area contributed by atoms with Crippen LogP contribution in [0.3, 0.4) is 0 Å². The van der Waals surface area contributed by atoms with E-state index < -0.39 is 12.1 Å². The van der Waals surface area contributed by atoms with Gasteiger partial charge in [0.15, 0.2) is 0 Å². The highest BCUT2D eigenvalue weighted by Gasteiger charge is 2.39. The summed E-state index contributed by atoms with van der Waals surface area (Å²) in [6, 6.07) is 16.9. The molecule has 1 aliphatic rings. The zero-order valence-electron chi connectivity index (χ0n) is 19.4. The molecule has 0 aliphatic carbocycles. The first kappa shape index (κ1) is 25.1. The number of piperidine rings is 1. The molecule has 0 saturated carbocycles. The summed E-state index contributed by atoms with van der Waals surface area (Å²) in [7, 11) is 0. The van der Waals surface area contributed by atoms with Crippen LogP contribution in [0, 0.1) is 5.41 Å². The molecule has 0 bridgehead atoms. The molecule has 0 aromatic heterocycles. The largest absolute Gasteiger partial charge is 0.445 e. The lowest BCUT2D eigenvalue weighted by Gasteiger charge is -2.45. The minimum Gasteiger partial charge on any atom is -0.445 e. The minimum absolute atomic E-state index is 0.0238. The van der Waals surface area contributed by atoms with Gasteiger partial charge in [-0.25, -0.2) is 4.79 Å². The molecule has 1 heterocycles. The average molecular weight is 472 g/mol. The number of benzene rings is 2. The first-order chi connectivity index (χ1) is 15.8. The van der Waals surface area contributed by atoms with E-state index in [9.17, 15) is 9.59 Å². The lowest BCUT2D eigenvalue weighted by Crippen LogP contribution is -2.52. The molecule has 1 unspecified atom stereocenters. The molecule has 1 saturated heterocycles. The molecule has 3 rings (SSSR count). The number of ether oxygens (including phenoxy) is 1. The highest BCUT2D eigenvalue weighted by Crippen LogP contribution is 2.42. The Hall–Kier alpha value is -2.57. The van der Waals surface area contributed by atoms with E-state index in [0.717, 1.165) is 17.0 Å². The summed E-state index contributed by atoms with van der Waals surface area (Å²) < 4.78 is 5.19. The summed E-state index contributed by atoms with van der Waals surface area (Å²) in [5, 5.41) is 3.45. The van der Waals surface area contributed by atoms with Crippen molar-refractivity contribution in [3.05, 3.63) is 70.7 Å². The fourth-order valence-corrected chi connectivity index (χ4v) is 4.63. The monoisotopic (exact) mass is 471 g/mol. The number of rotatable bonds is 8. The van der Waals surface area contributed by atoms with Crippen molar-refractivity contribution in [3.63, 3.8) is 0 Å². The Morgan fingerprint density at radius 1 is 1.18 bits per heavy atom. The summed E-state index contributed by atoms with van der Waals surface area (Å²) in [5.74, 6) is 0.338. The van der Waals surface area contributed by atoms with Crippen LogP contribution < -0.4 is 11.1 Å². The smallest absolute Gasteiger partial charge is 0.407 e. The van der Waals surface area contributed by atoms with Crippen molar-refractivity contribution in [2.75, 3.05) is 19.6 Å². The zero-order chi connectivity index (χ0) is 23.8. The molecule has 2 aromatic rings. The summed E-state index contributed by atoms with van der Waals surface area (Å²) in [6.07, 6.45) is 1.54. The van der Waals surface area contributed by atoms with Crippen molar-refractivity contribution in [2.24, 2.45) is 11.1 Å². The molecule has 2 atom stereocenters. The van der Waals surface area contributed by atoms with Gasteiger partial charge in [0.1, 0.15) is 6.61 Å². The second kappa shape index (κ2) is 11.5. The Morgan fingerprint density at radius 2 is 1.88 bits per heavy atom. The van der Waals surface area contributed by atoms with E-state index >= 15 is 0 Å². The van der Waals surface area contributed by atoms with Gasteiger partial charge in [-0.1, -0.05) is 67.9 Å². The number of nitrogens with two attached hydrogens (primary N) is 1. The van der Waals surface area contributed by atoms with Gasteiger partial charge in [0, 0.05) is 24.7 Å². The van der Waals surface area contributed by atoms with Gasteiger partial charge in [0.2, 0.25) is 5.91 Å². The van der Waals surface area contributed by atoms with Crippen LogP contribution in [0.2, 0.25) is 5.02 Å². The minimum atomic E-state index is -0.574. The van der Waals surface area contributed by atoms with Crippen molar-refractivity contribution in [1.29, 1.82) is 0 Å². The van der Waals surface area contributed by atoms with Crippen LogP contribution in [0.5, 0.6) is 0 Å². The third-order valence-electron chi connectivity index (χ3n) is 6.30. The van der Waals surface area contributed by atoms with Gasteiger partial charge in [-0.2, -0.15) is 0 Å². The van der Waals surface area contributed by atoms with Gasteiger partial charge in [0.05, 0.1) is 6.04 Å². The van der Waals surface area contributed by atoms with Crippen LogP contribution in [0.15, 0.2) is 54.6 Å². The maximum atomic E-state index is 12.9. The van der Waals surface area contributed by atoms with Gasteiger partial charge in [0.25, 0.3) is 0 Å². The van der Waals surface area contributed by atoms with Crippen LogP contribution in [0.1, 0.15) is 50.2 Å². The molecule has 7 heteroatoms. The van der Waals surface area contributed by atoms with Crippen LogP contribution >= 0.6 is 11.6 Å². The van der Waals surface area contributed by atoms with E-state index in [0.29, 0.717) is 38.4 Å². The SMILES string of the molecule is CC1(C)CN(C(=O)[C@H](N)CCCNC(=O)OCc2ccccc2)CCC1c1ccc(Cl)cc1. The van der Waals surface area contributed by atoms with E-state index in [2.05, 4.69) is 31.3 Å². The Balaban J connectivity index is 1.39. The van der Waals surface area contributed by atoms with Gasteiger partial charge in [-0.15, -0.1) is 0 Å². The molecule has 3 N–H and O–H groups in total. The number of nitrogens with zero attached hydrogens (tertiary/aromatic N) is 1. The zero-order valence-corrected chi connectivity index (χ0v) is 20.2. The number of carbonyl (C=O) groups is 2. The predicted octanol–water partition coefficient (Wildman–Crippen LogP) is 4.72. The molecule has 178 valence electrons. The molecule has 0 radical (unpaired) electrons. The number of hydrogen-bond acceptors (Lipinski definition) is 4. The van der Waals surface area contributed by atoms with E-state index in [1.807, 2.05) is 47.4 Å². The molecular formula is C26H34ClN3O3. The van der Waals surface area contributed by atoms with Crippen LogP contribution in [-0.4, -0.2) is 42.6 Å². The number of halogens is 1. The molecule has 0 spiro atoms. The Kier molecular flexibility index (Phi) is 8.75. The van der Waals surface area contributed by atoms with Gasteiger partial charge < -0.3 is 20.7 Å². The maximum absolute atomic E-state index is 12.9. The number of likely N-dealkylation sites (tertiary alicyclic amines) is 1. The average Bonchev–Trinajstić information content (AvgIpc) is 2.80. The van der Waals surface area contributed by atoms with Gasteiger partial charge >= 0.3 is 6.09 Å². The van der Waals surface area contributed by atoms with E-state index in [1.165, 1.54) is 5.56 Å². The number of hydrogen-bond donors (Lipinski definition) is 2. The molecule has 6 nitrogen and oxygen atoms in total. The Morgan fingerprint density at radius 3 is 2.55 bits per heavy atom. The summed E-state index contributed by atoms with van der Waals surface area (Å²) in [5.41, 5.74) is 8.33. The summed E-state index contributed by atoms with van der Waals surface area (Å²) in [4.78, 5) is 26.7. The molecule has 33 heavy (non-hydrogen) atoms. The lowest BCUT2D eigenvalue weighted by atomic mass is 9.70. The number of carbonyl (C=O) groups excluding carboxylic acids is 2. The fraction of sp³-hybridized carbons (Fsp3) is 0.462. The van der Waals surface area contributed by atoms with E-state index in [-0.39, 0.29) is 17.9 Å². The van der Waals surface area contributed by atoms with Crippen molar-refractivity contribution >= 4 is 23.6 Å². The first-order valence-corrected chi connectivity index (χ1v) is 11.9. The molecule has 1 fully saturated rings. The Bertz CT molecular complexity index is 918. The van der Waals surface area contributed by atoms with Crippen molar-refractivity contribution in [1.82, 2.24) is 10.2 Å². The highest BCUT2D eigenvalue weighted by atomic mass is 35.5. The van der Waals surface area contributed by atoms with Crippen LogP contribution in [-0.2, 0) is 16.1 Å². The Labute approximate surface area is 201 Å². The number of amides is 2. The maximum Gasteiger partial charge on any atom is 0.407 e. The number of nitrogens with one attached hydrogen (secondary N) is 1. The number of alkyl carbamates (subject to hydrolysis) is 1. The predicted molar refractivity (Wildman–Crippen MR) is 131 cm³/mol. The second-order valence-electron chi connectivity index (χ2n) is 9.38. The van der Waals surface area contributed by atoms with Crippen LogP contribution in [0.25, 0.3) is 0 Å². The summed E-state index contributed by atoms with van der Waals surface area (Å²) in [6.45, 7) is 6.39. The van der Waals surface area contributed by atoms with Crippen LogP contribution in [0.4, 0.5) is 4.79 Å². The summed E-state index contributed by atoms with van der Waals surface area (Å²) >= 11 is 6.03. The normalized spacial score (nSPS) is 18.4. The fourth-order valence-electron chi connectivity index (χ4n) is 4.50. The van der Waals surface area contributed by atoms with Gasteiger partial charge in [-0.3, -0.25) is 4.79 Å². The molecule has 2 amide bonds. The van der Waals surface area contributed by atoms with E-state index in [4.69, 9.17) is 22.1 Å². The third kappa shape index (κ3) is 7.21. The quantitative estimate of drug-likeness (QED) is 0.546. The molecule has 1 aliphatic heterocycles. The first-order valence-electron chi connectivity index (χ1n) is 11.5. The highest BCUT2D eigenvalue weighted by molar-refractivity contribution is 6.30. The van der Waals surface area contributed by atoms with Crippen molar-refractivity contribution < 1.29 is 14.3 Å². The topological polar surface area (TPSA) is 84.7 Å². The lowest BCUT2D eigenvalue weighted by molar-refractivity contribution is -0.136. The van der Waals surface area contributed by atoms with Crippen molar-refractivity contribution in [2.45, 2.75) is 51.7 Å². The second-order valence-corrected chi connectivity index (χ2v) is 9.81. The molecular weight excluding hydrogens is 438 g/mol. The van der Waals surface area contributed by atoms with Crippen molar-refractivity contribution in [3.8, 4) is 0 Å². The third-order valence-corrected chi connectivity index (χ3v) is 6.56. The van der Waals surface area contributed by atoms with Gasteiger partial charge in [-0.05, 0) is 53.9 Å². The standard InChI is InChI=1S/C26H34ClN3O3/c1-26(2)18-30(16-14-22(26)20-10-12-21(27)13-11-20)24(31)23(28)9-6-15-29-25(32)33-17-19-7-4-3-5-8-19/h3-5,7-8,10-13,22-23H,6,9,14-18,28H2,1-2H3,(H,29,32)/t22?,23-/m1/s1. The van der Waals surface area contributed by atoms with E-state index in [1.54, 1.807) is 0 Å². The molecule has 2 aromatic carbocycles.